The van der Waals surface area contributed by atoms with E-state index in [0.717, 1.165) is 51.9 Å². The molecule has 1 saturated heterocycles. The zero-order valence-corrected chi connectivity index (χ0v) is 27.9. The molecule has 0 aliphatic carbocycles. The van der Waals surface area contributed by atoms with E-state index in [1.165, 1.54) is 10.4 Å². The Balaban J connectivity index is 1.29. The molecule has 0 spiro atoms. The number of hydrogen-bond acceptors (Lipinski definition) is 8. The third kappa shape index (κ3) is 6.90. The fraction of sp³-hybridized carbons (Fsp3) is 0.529. The van der Waals surface area contributed by atoms with Crippen LogP contribution in [0.1, 0.15) is 85.4 Å². The average Bonchev–Trinajstić information content (AvgIpc) is 3.44. The summed E-state index contributed by atoms with van der Waals surface area (Å²) in [5.41, 5.74) is 4.78. The summed E-state index contributed by atoms with van der Waals surface area (Å²) in [5.74, 6) is 8.22. The van der Waals surface area contributed by atoms with Crippen molar-refractivity contribution in [1.82, 2.24) is 19.7 Å². The van der Waals surface area contributed by atoms with Crippen molar-refractivity contribution in [2.45, 2.75) is 79.1 Å². The van der Waals surface area contributed by atoms with E-state index >= 15 is 0 Å². The second kappa shape index (κ2) is 13.2. The molecule has 3 aromatic rings. The van der Waals surface area contributed by atoms with Gasteiger partial charge in [-0.1, -0.05) is 30.9 Å². The Morgan fingerprint density at radius 2 is 1.82 bits per heavy atom. The Hall–Kier alpha value is -3.52. The quantitative estimate of drug-likeness (QED) is 0.306. The topological polar surface area (TPSA) is 91.1 Å². The largest absolute Gasteiger partial charge is 0.444 e. The van der Waals surface area contributed by atoms with Crippen molar-refractivity contribution in [3.63, 3.8) is 0 Å². The van der Waals surface area contributed by atoms with E-state index in [0.29, 0.717) is 26.3 Å². The number of piperidine rings is 1. The summed E-state index contributed by atoms with van der Waals surface area (Å²) in [4.78, 5) is 20.7. The van der Waals surface area contributed by atoms with Crippen molar-refractivity contribution in [3.8, 4) is 16.8 Å². The fourth-order valence-electron chi connectivity index (χ4n) is 5.62. The van der Waals surface area contributed by atoms with Gasteiger partial charge in [0.15, 0.2) is 5.82 Å². The van der Waals surface area contributed by atoms with Gasteiger partial charge in [-0.2, -0.15) is 0 Å². The van der Waals surface area contributed by atoms with Crippen LogP contribution in [0.4, 0.5) is 4.79 Å². The number of methoxy groups -OCH3 is 1. The van der Waals surface area contributed by atoms with Crippen LogP contribution >= 0.6 is 11.3 Å². The van der Waals surface area contributed by atoms with Crippen LogP contribution in [0.5, 0.6) is 0 Å². The summed E-state index contributed by atoms with van der Waals surface area (Å²) in [5, 5.41) is 10.1. The Bertz CT molecular complexity index is 1580. The maximum atomic E-state index is 12.3. The molecule has 1 amide bonds. The zero-order valence-electron chi connectivity index (χ0n) is 27.1. The molecule has 44 heavy (non-hydrogen) atoms. The van der Waals surface area contributed by atoms with Crippen LogP contribution in [0, 0.1) is 38.5 Å². The number of aryl methyl sites for hydroxylation is 2. The lowest BCUT2D eigenvalue weighted by Gasteiger charge is -2.33. The van der Waals surface area contributed by atoms with Crippen LogP contribution in [-0.4, -0.2) is 76.6 Å². The molecule has 0 saturated carbocycles. The molecular formula is C34H43N5O4S. The molecule has 0 bridgehead atoms. The number of amides is 1. The monoisotopic (exact) mass is 617 g/mol. The Labute approximate surface area is 264 Å². The van der Waals surface area contributed by atoms with E-state index in [1.807, 2.05) is 39.8 Å². The number of carbonyl (C=O) groups excluding carboxylic acids is 1. The number of ether oxygens (including phenoxy) is 3. The van der Waals surface area contributed by atoms with Crippen LogP contribution in [0.3, 0.4) is 0 Å². The molecular weight excluding hydrogens is 574 g/mol. The zero-order chi connectivity index (χ0) is 31.6. The number of carbonyl (C=O) groups is 1. The maximum Gasteiger partial charge on any atom is 0.410 e. The number of hydrogen-bond donors (Lipinski definition) is 0. The molecule has 2 aliphatic heterocycles. The third-order valence-electron chi connectivity index (χ3n) is 8.03. The minimum absolute atomic E-state index is 0.0899. The second-order valence-electron chi connectivity index (χ2n) is 12.6. The molecule has 4 heterocycles. The lowest BCUT2D eigenvalue weighted by molar-refractivity contribution is -0.00375. The summed E-state index contributed by atoms with van der Waals surface area (Å²) in [6, 6.07) is 8.09. The average molecular weight is 618 g/mol. The van der Waals surface area contributed by atoms with E-state index < -0.39 is 5.60 Å². The number of aromatic nitrogens is 3. The molecule has 1 unspecified atom stereocenters. The summed E-state index contributed by atoms with van der Waals surface area (Å²) in [6.07, 6.45) is 1.39. The smallest absolute Gasteiger partial charge is 0.410 e. The van der Waals surface area contributed by atoms with E-state index in [-0.39, 0.29) is 24.2 Å². The number of fused-ring (bicyclic) bond motifs is 3. The first-order valence-electron chi connectivity index (χ1n) is 15.2. The fourth-order valence-corrected chi connectivity index (χ4v) is 6.84. The summed E-state index contributed by atoms with van der Waals surface area (Å²) < 4.78 is 19.2. The van der Waals surface area contributed by atoms with E-state index in [2.05, 4.69) is 59.5 Å². The second-order valence-corrected chi connectivity index (χ2v) is 13.8. The molecule has 234 valence electrons. The first-order valence-corrected chi connectivity index (χ1v) is 16.1. The molecule has 1 aromatic carbocycles. The number of likely N-dealkylation sites (tertiary alicyclic amines) is 1. The number of rotatable bonds is 6. The predicted octanol–water partition coefficient (Wildman–Crippen LogP) is 6.20. The summed E-state index contributed by atoms with van der Waals surface area (Å²) in [6.45, 7) is 16.3. The third-order valence-corrected chi connectivity index (χ3v) is 9.23. The van der Waals surface area contributed by atoms with E-state index in [4.69, 9.17) is 19.2 Å². The first-order chi connectivity index (χ1) is 21.0. The normalized spacial score (nSPS) is 17.6. The van der Waals surface area contributed by atoms with Gasteiger partial charge in [-0.05, 0) is 72.1 Å². The van der Waals surface area contributed by atoms with Gasteiger partial charge in [0, 0.05) is 47.7 Å². The minimum Gasteiger partial charge on any atom is -0.444 e. The highest BCUT2D eigenvalue weighted by Gasteiger charge is 2.34. The maximum absolute atomic E-state index is 12.3. The van der Waals surface area contributed by atoms with E-state index in [1.54, 1.807) is 23.3 Å². The van der Waals surface area contributed by atoms with Gasteiger partial charge in [-0.25, -0.2) is 4.79 Å². The molecule has 10 heteroatoms. The Morgan fingerprint density at radius 1 is 1.11 bits per heavy atom. The lowest BCUT2D eigenvalue weighted by atomic mass is 9.98. The SMILES string of the molecule is COCC(C)[C@@H]1N=C(c2ccc(C#CCOC3CCN(C(=O)OC(C)(C)C)CC3)cc2)c2c(sc(C)c2C)-n2c(C)nnc21. The van der Waals surface area contributed by atoms with Crippen molar-refractivity contribution < 1.29 is 19.0 Å². The van der Waals surface area contributed by atoms with Crippen LogP contribution in [0.25, 0.3) is 5.00 Å². The Kier molecular flexibility index (Phi) is 9.59. The number of aliphatic imine (C=N–C) groups is 1. The standard InChI is InChI=1S/C34H43N5O4S/c1-21(20-41-8)29-31-37-36-24(4)39(31)32-28(22(2)23(3)44-32)30(35-29)26-13-11-25(12-14-26)10-9-19-42-27-15-17-38(18-16-27)33(40)43-34(5,6)7/h11-14,21,27,29H,15-20H2,1-8H3/t21?,29-/m0/s1. The molecule has 2 aromatic heterocycles. The molecule has 9 nitrogen and oxygen atoms in total. The molecule has 0 radical (unpaired) electrons. The van der Waals surface area contributed by atoms with Gasteiger partial charge >= 0.3 is 6.09 Å². The van der Waals surface area contributed by atoms with Crippen molar-refractivity contribution >= 4 is 23.1 Å². The summed E-state index contributed by atoms with van der Waals surface area (Å²) in [7, 11) is 1.72. The van der Waals surface area contributed by atoms with Gasteiger partial charge in [-0.15, -0.1) is 21.5 Å². The van der Waals surface area contributed by atoms with Crippen molar-refractivity contribution in [2.24, 2.45) is 10.9 Å². The lowest BCUT2D eigenvalue weighted by Crippen LogP contribution is -2.43. The highest BCUT2D eigenvalue weighted by atomic mass is 32.1. The van der Waals surface area contributed by atoms with Gasteiger partial charge in [0.25, 0.3) is 0 Å². The van der Waals surface area contributed by atoms with Crippen LogP contribution in [-0.2, 0) is 14.2 Å². The molecule has 2 atom stereocenters. The first kappa shape index (κ1) is 31.9. The van der Waals surface area contributed by atoms with Crippen LogP contribution in [0.15, 0.2) is 29.3 Å². The van der Waals surface area contributed by atoms with Crippen LogP contribution in [0.2, 0.25) is 0 Å². The van der Waals surface area contributed by atoms with Gasteiger partial charge in [0.2, 0.25) is 0 Å². The number of benzene rings is 1. The Morgan fingerprint density at radius 3 is 2.48 bits per heavy atom. The highest BCUT2D eigenvalue weighted by Crippen LogP contribution is 2.40. The van der Waals surface area contributed by atoms with Gasteiger partial charge in [0.1, 0.15) is 29.1 Å². The molecule has 2 aliphatic rings. The van der Waals surface area contributed by atoms with E-state index in [9.17, 15) is 4.79 Å². The molecule has 0 N–H and O–H groups in total. The number of nitrogens with zero attached hydrogens (tertiary/aromatic N) is 5. The summed E-state index contributed by atoms with van der Waals surface area (Å²) >= 11 is 1.76. The predicted molar refractivity (Wildman–Crippen MR) is 173 cm³/mol. The molecule has 5 rings (SSSR count). The molecule has 1 fully saturated rings. The number of thiophene rings is 1. The van der Waals surface area contributed by atoms with Crippen molar-refractivity contribution in [1.29, 1.82) is 0 Å². The van der Waals surface area contributed by atoms with Gasteiger partial charge < -0.3 is 19.1 Å². The van der Waals surface area contributed by atoms with Crippen molar-refractivity contribution in [2.75, 3.05) is 33.4 Å². The van der Waals surface area contributed by atoms with Crippen molar-refractivity contribution in [3.05, 3.63) is 63.0 Å². The van der Waals surface area contributed by atoms with Crippen LogP contribution < -0.4 is 0 Å². The highest BCUT2D eigenvalue weighted by molar-refractivity contribution is 7.15. The van der Waals surface area contributed by atoms with Gasteiger partial charge in [0.05, 0.1) is 18.4 Å². The minimum atomic E-state index is -0.488. The van der Waals surface area contributed by atoms with Gasteiger partial charge in [-0.3, -0.25) is 9.56 Å².